The molecule has 1 heterocycles. The summed E-state index contributed by atoms with van der Waals surface area (Å²) in [7, 11) is 0. The molecule has 2 atom stereocenters. The summed E-state index contributed by atoms with van der Waals surface area (Å²) in [6.45, 7) is 2.14. The predicted molar refractivity (Wildman–Crippen MR) is 47.8 cm³/mol. The van der Waals surface area contributed by atoms with Gasteiger partial charge >= 0.3 is 12.0 Å². The van der Waals surface area contributed by atoms with E-state index in [1.54, 1.807) is 0 Å². The Morgan fingerprint density at radius 1 is 1.57 bits per heavy atom. The molecule has 1 fully saturated rings. The monoisotopic (exact) mass is 202 g/mol. The highest BCUT2D eigenvalue weighted by Crippen LogP contribution is 2.08. The fourth-order valence-electron chi connectivity index (χ4n) is 1.26. The van der Waals surface area contributed by atoms with Gasteiger partial charge in [-0.1, -0.05) is 0 Å². The average Bonchev–Trinajstić information content (AvgIpc) is 2.51. The summed E-state index contributed by atoms with van der Waals surface area (Å²) < 4.78 is 0. The van der Waals surface area contributed by atoms with E-state index < -0.39 is 24.1 Å². The first-order valence-electron chi connectivity index (χ1n) is 4.47. The lowest BCUT2D eigenvalue weighted by molar-refractivity contribution is -0.138. The van der Waals surface area contributed by atoms with Gasteiger partial charge in [-0.05, 0) is 13.3 Å². The summed E-state index contributed by atoms with van der Waals surface area (Å²) in [6.07, 6.45) is 0.0652. The Bertz CT molecular complexity index is 243. The molecule has 1 rings (SSSR count). The number of hydrogen-bond donors (Lipinski definition) is 3. The van der Waals surface area contributed by atoms with Crippen molar-refractivity contribution in [3.8, 4) is 0 Å². The van der Waals surface area contributed by atoms with Gasteiger partial charge in [-0.25, -0.2) is 4.79 Å². The number of aliphatic carboxylic acids is 1. The zero-order chi connectivity index (χ0) is 10.7. The third kappa shape index (κ3) is 2.59. The number of carbonyl (C=O) groups is 2. The molecule has 14 heavy (non-hydrogen) atoms. The molecule has 0 aromatic rings. The highest BCUT2D eigenvalue weighted by Gasteiger charge is 2.26. The molecule has 3 N–H and O–H groups in total. The second kappa shape index (κ2) is 4.28. The van der Waals surface area contributed by atoms with E-state index in [2.05, 4.69) is 5.32 Å². The SMILES string of the molecule is C[C@@H](NC(=O)N1CCC(O)C1)C(=O)O. The zero-order valence-corrected chi connectivity index (χ0v) is 7.93. The van der Waals surface area contributed by atoms with Crippen LogP contribution in [0.4, 0.5) is 4.79 Å². The summed E-state index contributed by atoms with van der Waals surface area (Å²) in [6, 6.07) is -1.34. The van der Waals surface area contributed by atoms with Gasteiger partial charge < -0.3 is 20.4 Å². The van der Waals surface area contributed by atoms with Crippen LogP contribution in [-0.4, -0.2) is 52.3 Å². The van der Waals surface area contributed by atoms with Gasteiger partial charge in [0.05, 0.1) is 6.10 Å². The number of urea groups is 1. The average molecular weight is 202 g/mol. The molecule has 1 unspecified atom stereocenters. The maximum Gasteiger partial charge on any atom is 0.325 e. The summed E-state index contributed by atoms with van der Waals surface area (Å²) in [4.78, 5) is 23.2. The molecule has 1 saturated heterocycles. The maximum absolute atomic E-state index is 11.3. The summed E-state index contributed by atoms with van der Waals surface area (Å²) in [5.41, 5.74) is 0. The Labute approximate surface area is 81.5 Å². The topological polar surface area (TPSA) is 89.9 Å². The Morgan fingerprint density at radius 3 is 2.64 bits per heavy atom. The van der Waals surface area contributed by atoms with Crippen LogP contribution in [-0.2, 0) is 4.79 Å². The maximum atomic E-state index is 11.3. The van der Waals surface area contributed by atoms with Crippen molar-refractivity contribution in [2.75, 3.05) is 13.1 Å². The summed E-state index contributed by atoms with van der Waals surface area (Å²) >= 11 is 0. The minimum Gasteiger partial charge on any atom is -0.480 e. The van der Waals surface area contributed by atoms with E-state index in [0.717, 1.165) is 0 Å². The van der Waals surface area contributed by atoms with Crippen molar-refractivity contribution in [1.29, 1.82) is 0 Å². The van der Waals surface area contributed by atoms with Gasteiger partial charge in [0.25, 0.3) is 0 Å². The first-order chi connectivity index (χ1) is 6.50. The standard InChI is InChI=1S/C8H14N2O4/c1-5(7(12)13)9-8(14)10-3-2-6(11)4-10/h5-6,11H,2-4H2,1H3,(H,9,14)(H,12,13)/t5-,6?/m1/s1. The number of amides is 2. The van der Waals surface area contributed by atoms with Gasteiger partial charge in [0.2, 0.25) is 0 Å². The molecular formula is C8H14N2O4. The molecule has 0 aromatic heterocycles. The van der Waals surface area contributed by atoms with Crippen LogP contribution in [0.3, 0.4) is 0 Å². The van der Waals surface area contributed by atoms with Crippen LogP contribution in [0.2, 0.25) is 0 Å². The third-order valence-electron chi connectivity index (χ3n) is 2.16. The van der Waals surface area contributed by atoms with Crippen LogP contribution in [0, 0.1) is 0 Å². The number of carbonyl (C=O) groups excluding carboxylic acids is 1. The van der Waals surface area contributed by atoms with Crippen molar-refractivity contribution in [1.82, 2.24) is 10.2 Å². The van der Waals surface area contributed by atoms with Gasteiger partial charge in [0.1, 0.15) is 6.04 Å². The normalized spacial score (nSPS) is 23.3. The fourth-order valence-corrected chi connectivity index (χ4v) is 1.26. The molecule has 6 heteroatoms. The second-order valence-electron chi connectivity index (χ2n) is 3.40. The number of β-amino-alcohol motifs (C(OH)–C–C–N with tert-alkyl or cyclic N) is 1. The summed E-state index contributed by atoms with van der Waals surface area (Å²) in [5, 5.41) is 20.0. The van der Waals surface area contributed by atoms with E-state index in [1.165, 1.54) is 11.8 Å². The van der Waals surface area contributed by atoms with Crippen molar-refractivity contribution in [2.45, 2.75) is 25.5 Å². The molecule has 0 radical (unpaired) electrons. The van der Waals surface area contributed by atoms with E-state index in [4.69, 9.17) is 10.2 Å². The Kier molecular flexibility index (Phi) is 3.29. The predicted octanol–water partition coefficient (Wildman–Crippen LogP) is -0.764. The quantitative estimate of drug-likeness (QED) is 0.548. The number of aliphatic hydroxyl groups is 1. The van der Waals surface area contributed by atoms with Crippen molar-refractivity contribution >= 4 is 12.0 Å². The molecule has 0 aliphatic carbocycles. The largest absolute Gasteiger partial charge is 0.480 e. The van der Waals surface area contributed by atoms with Crippen molar-refractivity contribution < 1.29 is 19.8 Å². The van der Waals surface area contributed by atoms with Crippen molar-refractivity contribution in [3.63, 3.8) is 0 Å². The first kappa shape index (κ1) is 10.8. The molecule has 6 nitrogen and oxygen atoms in total. The fraction of sp³-hybridized carbons (Fsp3) is 0.750. The molecular weight excluding hydrogens is 188 g/mol. The van der Waals surface area contributed by atoms with Crippen LogP contribution in [0.15, 0.2) is 0 Å². The van der Waals surface area contributed by atoms with Gasteiger partial charge in [0, 0.05) is 13.1 Å². The van der Waals surface area contributed by atoms with Gasteiger partial charge in [0.15, 0.2) is 0 Å². The van der Waals surface area contributed by atoms with Crippen LogP contribution in [0.25, 0.3) is 0 Å². The molecule has 80 valence electrons. The lowest BCUT2D eigenvalue weighted by atomic mass is 10.3. The number of nitrogens with one attached hydrogen (secondary N) is 1. The second-order valence-corrected chi connectivity index (χ2v) is 3.40. The highest BCUT2D eigenvalue weighted by atomic mass is 16.4. The molecule has 1 aliphatic heterocycles. The molecule has 0 saturated carbocycles. The van der Waals surface area contributed by atoms with E-state index in [-0.39, 0.29) is 6.54 Å². The third-order valence-corrected chi connectivity index (χ3v) is 2.16. The van der Waals surface area contributed by atoms with Crippen molar-refractivity contribution in [2.24, 2.45) is 0 Å². The molecule has 0 aromatic carbocycles. The minimum atomic E-state index is -1.07. The van der Waals surface area contributed by atoms with Gasteiger partial charge in [-0.15, -0.1) is 0 Å². The number of likely N-dealkylation sites (tertiary alicyclic amines) is 1. The van der Waals surface area contributed by atoms with Gasteiger partial charge in [-0.3, -0.25) is 4.79 Å². The van der Waals surface area contributed by atoms with Crippen LogP contribution >= 0.6 is 0 Å². The Hall–Kier alpha value is -1.30. The molecule has 2 amide bonds. The molecule has 0 bridgehead atoms. The lowest BCUT2D eigenvalue weighted by Crippen LogP contribution is -2.46. The molecule has 1 aliphatic rings. The van der Waals surface area contributed by atoms with E-state index in [1.807, 2.05) is 0 Å². The number of carboxylic acids is 1. The summed E-state index contributed by atoms with van der Waals surface area (Å²) in [5.74, 6) is -1.07. The van der Waals surface area contributed by atoms with Crippen molar-refractivity contribution in [3.05, 3.63) is 0 Å². The Balaban J connectivity index is 2.39. The minimum absolute atomic E-state index is 0.276. The smallest absolute Gasteiger partial charge is 0.325 e. The van der Waals surface area contributed by atoms with Crippen LogP contribution in [0.5, 0.6) is 0 Å². The Morgan fingerprint density at radius 2 is 2.21 bits per heavy atom. The number of carboxylic acid groups (broad SMARTS) is 1. The number of hydrogen-bond acceptors (Lipinski definition) is 3. The van der Waals surface area contributed by atoms with E-state index in [9.17, 15) is 9.59 Å². The van der Waals surface area contributed by atoms with E-state index >= 15 is 0 Å². The van der Waals surface area contributed by atoms with Crippen LogP contribution in [0.1, 0.15) is 13.3 Å². The van der Waals surface area contributed by atoms with Crippen LogP contribution < -0.4 is 5.32 Å². The number of nitrogens with zero attached hydrogens (tertiary/aromatic N) is 1. The number of rotatable bonds is 2. The zero-order valence-electron chi connectivity index (χ0n) is 7.93. The highest BCUT2D eigenvalue weighted by molar-refractivity contribution is 5.82. The number of aliphatic hydroxyl groups excluding tert-OH is 1. The van der Waals surface area contributed by atoms with Gasteiger partial charge in [-0.2, -0.15) is 0 Å². The first-order valence-corrected chi connectivity index (χ1v) is 4.47. The van der Waals surface area contributed by atoms with E-state index in [0.29, 0.717) is 13.0 Å². The lowest BCUT2D eigenvalue weighted by Gasteiger charge is -2.18. The molecule has 0 spiro atoms.